The van der Waals surface area contributed by atoms with Crippen molar-refractivity contribution < 1.29 is 14.6 Å². The van der Waals surface area contributed by atoms with Gasteiger partial charge in [0.2, 0.25) is 0 Å². The van der Waals surface area contributed by atoms with Gasteiger partial charge in [0.05, 0.1) is 6.61 Å². The summed E-state index contributed by atoms with van der Waals surface area (Å²) < 4.78 is 5.11. The molecule has 1 aliphatic carbocycles. The van der Waals surface area contributed by atoms with Gasteiger partial charge in [-0.1, -0.05) is 0 Å². The first-order valence-corrected chi connectivity index (χ1v) is 7.91. The van der Waals surface area contributed by atoms with Gasteiger partial charge in [-0.25, -0.2) is 9.78 Å². The standard InChI is InChI=1S/C16H23N3O3/c1-22-8-7-19-6-5-13-11(10-19)9-17-15(14(13)16(20)21)18-12-3-2-4-12/h9,12H,2-8,10H2,1H3,(H,17,18)(H,20,21). The van der Waals surface area contributed by atoms with E-state index in [1.165, 1.54) is 6.42 Å². The Morgan fingerprint density at radius 3 is 3.00 bits per heavy atom. The average molecular weight is 305 g/mol. The zero-order valence-corrected chi connectivity index (χ0v) is 13.0. The Labute approximate surface area is 130 Å². The zero-order valence-electron chi connectivity index (χ0n) is 13.0. The molecule has 1 saturated carbocycles. The first kappa shape index (κ1) is 15.2. The molecule has 2 heterocycles. The van der Waals surface area contributed by atoms with Gasteiger partial charge in [-0.2, -0.15) is 0 Å². The number of methoxy groups -OCH3 is 1. The lowest BCUT2D eigenvalue weighted by atomic mass is 9.92. The zero-order chi connectivity index (χ0) is 15.5. The first-order valence-electron chi connectivity index (χ1n) is 7.91. The number of rotatable bonds is 6. The maximum Gasteiger partial charge on any atom is 0.339 e. The maximum atomic E-state index is 11.7. The van der Waals surface area contributed by atoms with Crippen LogP contribution in [0.1, 0.15) is 40.7 Å². The molecule has 120 valence electrons. The van der Waals surface area contributed by atoms with E-state index >= 15 is 0 Å². The minimum Gasteiger partial charge on any atom is -0.478 e. The van der Waals surface area contributed by atoms with Crippen LogP contribution in [-0.2, 0) is 17.7 Å². The van der Waals surface area contributed by atoms with Gasteiger partial charge < -0.3 is 15.2 Å². The molecular formula is C16H23N3O3. The van der Waals surface area contributed by atoms with E-state index in [-0.39, 0.29) is 0 Å². The molecule has 0 unspecified atom stereocenters. The molecular weight excluding hydrogens is 282 g/mol. The van der Waals surface area contributed by atoms with E-state index < -0.39 is 5.97 Å². The molecule has 1 fully saturated rings. The summed E-state index contributed by atoms with van der Waals surface area (Å²) in [4.78, 5) is 18.4. The monoisotopic (exact) mass is 305 g/mol. The summed E-state index contributed by atoms with van der Waals surface area (Å²) in [5.74, 6) is -0.335. The van der Waals surface area contributed by atoms with Gasteiger partial charge in [0.1, 0.15) is 11.4 Å². The lowest BCUT2D eigenvalue weighted by Gasteiger charge is -2.31. The normalized spacial score (nSPS) is 18.6. The van der Waals surface area contributed by atoms with Crippen LogP contribution in [0.15, 0.2) is 6.20 Å². The Bertz CT molecular complexity index is 558. The molecule has 1 aromatic heterocycles. The molecule has 0 spiro atoms. The van der Waals surface area contributed by atoms with Crippen molar-refractivity contribution in [2.75, 3.05) is 32.1 Å². The van der Waals surface area contributed by atoms with Crippen molar-refractivity contribution >= 4 is 11.8 Å². The van der Waals surface area contributed by atoms with Crippen molar-refractivity contribution in [3.05, 3.63) is 22.9 Å². The van der Waals surface area contributed by atoms with Gasteiger partial charge in [0.15, 0.2) is 0 Å². The Kier molecular flexibility index (Phi) is 4.59. The third kappa shape index (κ3) is 3.08. The second-order valence-corrected chi connectivity index (χ2v) is 6.08. The third-order valence-corrected chi connectivity index (χ3v) is 4.62. The van der Waals surface area contributed by atoms with E-state index in [4.69, 9.17) is 4.74 Å². The van der Waals surface area contributed by atoms with Crippen molar-refractivity contribution in [3.63, 3.8) is 0 Å². The average Bonchev–Trinajstić information content (AvgIpc) is 2.47. The van der Waals surface area contributed by atoms with E-state index in [9.17, 15) is 9.90 Å². The Balaban J connectivity index is 1.83. The number of carboxylic acid groups (broad SMARTS) is 1. The molecule has 1 aliphatic heterocycles. The van der Waals surface area contributed by atoms with Crippen LogP contribution >= 0.6 is 0 Å². The second kappa shape index (κ2) is 6.62. The van der Waals surface area contributed by atoms with Crippen LogP contribution in [0.2, 0.25) is 0 Å². The number of carboxylic acids is 1. The molecule has 2 N–H and O–H groups in total. The van der Waals surface area contributed by atoms with Gasteiger partial charge in [0, 0.05) is 39.0 Å². The topological polar surface area (TPSA) is 74.7 Å². The van der Waals surface area contributed by atoms with Gasteiger partial charge in [-0.05, 0) is 36.8 Å². The quantitative estimate of drug-likeness (QED) is 0.834. The lowest BCUT2D eigenvalue weighted by Crippen LogP contribution is -2.35. The molecule has 22 heavy (non-hydrogen) atoms. The number of aromatic nitrogens is 1. The smallest absolute Gasteiger partial charge is 0.339 e. The molecule has 3 rings (SSSR count). The highest BCUT2D eigenvalue weighted by Gasteiger charge is 2.27. The summed E-state index contributed by atoms with van der Waals surface area (Å²) in [6, 6.07) is 0.380. The largest absolute Gasteiger partial charge is 0.478 e. The Hall–Kier alpha value is -1.66. The number of nitrogens with one attached hydrogen (secondary N) is 1. The molecule has 0 amide bonds. The van der Waals surface area contributed by atoms with Crippen LogP contribution in [0.4, 0.5) is 5.82 Å². The number of hydrogen-bond donors (Lipinski definition) is 2. The van der Waals surface area contributed by atoms with Crippen molar-refractivity contribution in [2.24, 2.45) is 0 Å². The van der Waals surface area contributed by atoms with Gasteiger partial charge in [0.25, 0.3) is 0 Å². The number of fused-ring (bicyclic) bond motifs is 1. The molecule has 6 nitrogen and oxygen atoms in total. The first-order chi connectivity index (χ1) is 10.7. The minimum absolute atomic E-state index is 0.371. The maximum absolute atomic E-state index is 11.7. The predicted molar refractivity (Wildman–Crippen MR) is 83.3 cm³/mol. The van der Waals surface area contributed by atoms with E-state index in [2.05, 4.69) is 15.2 Å². The van der Waals surface area contributed by atoms with Gasteiger partial charge >= 0.3 is 5.97 Å². The Morgan fingerprint density at radius 2 is 2.36 bits per heavy atom. The number of anilines is 1. The highest BCUT2D eigenvalue weighted by atomic mass is 16.5. The highest BCUT2D eigenvalue weighted by molar-refractivity contribution is 5.95. The summed E-state index contributed by atoms with van der Waals surface area (Å²) in [6.07, 6.45) is 6.00. The fourth-order valence-corrected chi connectivity index (χ4v) is 3.10. The number of aromatic carboxylic acids is 1. The molecule has 0 radical (unpaired) electrons. The van der Waals surface area contributed by atoms with E-state index in [0.717, 1.165) is 50.0 Å². The van der Waals surface area contributed by atoms with Crippen LogP contribution in [0.3, 0.4) is 0 Å². The van der Waals surface area contributed by atoms with Crippen molar-refractivity contribution in [3.8, 4) is 0 Å². The number of carbonyl (C=O) groups is 1. The van der Waals surface area contributed by atoms with Crippen LogP contribution < -0.4 is 5.32 Å². The van der Waals surface area contributed by atoms with Crippen LogP contribution in [-0.4, -0.2) is 53.8 Å². The highest BCUT2D eigenvalue weighted by Crippen LogP contribution is 2.29. The fourth-order valence-electron chi connectivity index (χ4n) is 3.10. The van der Waals surface area contributed by atoms with Crippen LogP contribution in [0.5, 0.6) is 0 Å². The van der Waals surface area contributed by atoms with Gasteiger partial charge in [-0.3, -0.25) is 4.90 Å². The summed E-state index contributed by atoms with van der Waals surface area (Å²) in [6.45, 7) is 3.16. The second-order valence-electron chi connectivity index (χ2n) is 6.08. The summed E-state index contributed by atoms with van der Waals surface area (Å²) in [5.41, 5.74) is 2.34. The Morgan fingerprint density at radius 1 is 1.55 bits per heavy atom. The number of ether oxygens (including phenoxy) is 1. The number of hydrogen-bond acceptors (Lipinski definition) is 5. The number of nitrogens with zero attached hydrogens (tertiary/aromatic N) is 2. The molecule has 0 saturated heterocycles. The van der Waals surface area contributed by atoms with Crippen molar-refractivity contribution in [1.29, 1.82) is 0 Å². The van der Waals surface area contributed by atoms with Crippen molar-refractivity contribution in [2.45, 2.75) is 38.3 Å². The lowest BCUT2D eigenvalue weighted by molar-refractivity contribution is 0.0694. The molecule has 0 aromatic carbocycles. The SMILES string of the molecule is COCCN1CCc2c(cnc(NC3CCC3)c2C(=O)O)C1. The van der Waals surface area contributed by atoms with Gasteiger partial charge in [-0.15, -0.1) is 0 Å². The summed E-state index contributed by atoms with van der Waals surface area (Å²) >= 11 is 0. The summed E-state index contributed by atoms with van der Waals surface area (Å²) in [7, 11) is 1.69. The fraction of sp³-hybridized carbons (Fsp3) is 0.625. The molecule has 1 aromatic rings. The molecule has 0 bridgehead atoms. The third-order valence-electron chi connectivity index (χ3n) is 4.62. The molecule has 6 heteroatoms. The van der Waals surface area contributed by atoms with E-state index in [0.29, 0.717) is 24.0 Å². The van der Waals surface area contributed by atoms with E-state index in [1.807, 2.05) is 6.20 Å². The summed E-state index contributed by atoms with van der Waals surface area (Å²) in [5, 5.41) is 12.9. The minimum atomic E-state index is -0.878. The predicted octanol–water partition coefficient (Wildman–Crippen LogP) is 1.75. The molecule has 2 aliphatic rings. The van der Waals surface area contributed by atoms with Crippen LogP contribution in [0, 0.1) is 0 Å². The number of pyridine rings is 1. The molecule has 0 atom stereocenters. The van der Waals surface area contributed by atoms with Crippen molar-refractivity contribution in [1.82, 2.24) is 9.88 Å². The van der Waals surface area contributed by atoms with E-state index in [1.54, 1.807) is 7.11 Å². The van der Waals surface area contributed by atoms with Crippen LogP contribution in [0.25, 0.3) is 0 Å².